The van der Waals surface area contributed by atoms with E-state index in [4.69, 9.17) is 0 Å². The van der Waals surface area contributed by atoms with Crippen molar-refractivity contribution in [3.8, 4) is 0 Å². The predicted molar refractivity (Wildman–Crippen MR) is 92.7 cm³/mol. The number of benzene rings is 2. The van der Waals surface area contributed by atoms with Gasteiger partial charge in [-0.3, -0.25) is 0 Å². The van der Waals surface area contributed by atoms with Gasteiger partial charge in [-0.2, -0.15) is 0 Å². The summed E-state index contributed by atoms with van der Waals surface area (Å²) in [5.74, 6) is 0.806. The highest BCUT2D eigenvalue weighted by atomic mass is 31.1. The average Bonchev–Trinajstić information content (AvgIpc) is 2.46. The second-order valence-corrected chi connectivity index (χ2v) is 8.19. The van der Waals surface area contributed by atoms with E-state index in [1.165, 1.54) is 35.2 Å². The van der Waals surface area contributed by atoms with Crippen molar-refractivity contribution in [2.24, 2.45) is 5.92 Å². The summed E-state index contributed by atoms with van der Waals surface area (Å²) >= 11 is 0. The van der Waals surface area contributed by atoms with E-state index in [-0.39, 0.29) is 7.92 Å². The molecule has 2 aromatic carbocycles. The van der Waals surface area contributed by atoms with Crippen molar-refractivity contribution in [3.63, 3.8) is 0 Å². The second-order valence-electron chi connectivity index (χ2n) is 5.86. The number of rotatable bonds is 6. The summed E-state index contributed by atoms with van der Waals surface area (Å²) in [4.78, 5) is 0. The van der Waals surface area contributed by atoms with Crippen LogP contribution in [-0.2, 0) is 0 Å². The lowest BCUT2D eigenvalue weighted by atomic mass is 10.1. The molecule has 0 aliphatic rings. The van der Waals surface area contributed by atoms with E-state index in [2.05, 4.69) is 75.4 Å². The first kappa shape index (κ1) is 15.3. The average molecular weight is 284 g/mol. The first-order chi connectivity index (χ1) is 9.66. The zero-order valence-electron chi connectivity index (χ0n) is 12.8. The van der Waals surface area contributed by atoms with Gasteiger partial charge in [0.15, 0.2) is 0 Å². The summed E-state index contributed by atoms with van der Waals surface area (Å²) in [7, 11) is -0.194. The molecule has 0 amide bonds. The standard InChI is InChI=1S/C19H25P/c1-16(2)8-7-15-20(18-9-5-4-6-10-18)19-13-11-17(3)12-14-19/h4-6,9-14,16H,7-8,15H2,1-3H3. The Morgan fingerprint density at radius 1 is 0.850 bits per heavy atom. The van der Waals surface area contributed by atoms with Crippen LogP contribution in [0.3, 0.4) is 0 Å². The van der Waals surface area contributed by atoms with Crippen molar-refractivity contribution in [1.82, 2.24) is 0 Å². The van der Waals surface area contributed by atoms with Crippen LogP contribution in [0.4, 0.5) is 0 Å². The van der Waals surface area contributed by atoms with Crippen molar-refractivity contribution in [2.45, 2.75) is 33.6 Å². The molecule has 0 bridgehead atoms. The number of aryl methyl sites for hydroxylation is 1. The fourth-order valence-corrected chi connectivity index (χ4v) is 4.75. The molecule has 0 heterocycles. The van der Waals surface area contributed by atoms with Gasteiger partial charge in [0.2, 0.25) is 0 Å². The molecule has 0 N–H and O–H groups in total. The van der Waals surface area contributed by atoms with Crippen LogP contribution in [0.1, 0.15) is 32.3 Å². The monoisotopic (exact) mass is 284 g/mol. The van der Waals surface area contributed by atoms with E-state index in [0.717, 1.165) is 5.92 Å². The van der Waals surface area contributed by atoms with E-state index >= 15 is 0 Å². The second kappa shape index (κ2) is 7.60. The van der Waals surface area contributed by atoms with Crippen LogP contribution >= 0.6 is 7.92 Å². The molecule has 0 aliphatic heterocycles. The van der Waals surface area contributed by atoms with E-state index in [9.17, 15) is 0 Å². The minimum Gasteiger partial charge on any atom is -0.0628 e. The van der Waals surface area contributed by atoms with Crippen LogP contribution in [0.5, 0.6) is 0 Å². The minimum absolute atomic E-state index is 0.194. The van der Waals surface area contributed by atoms with Gasteiger partial charge >= 0.3 is 0 Å². The number of hydrogen-bond donors (Lipinski definition) is 0. The minimum atomic E-state index is -0.194. The van der Waals surface area contributed by atoms with Crippen LogP contribution in [0, 0.1) is 12.8 Å². The summed E-state index contributed by atoms with van der Waals surface area (Å²) in [6.45, 7) is 6.79. The first-order valence-electron chi connectivity index (χ1n) is 7.56. The number of hydrogen-bond acceptors (Lipinski definition) is 0. The normalized spacial score (nSPS) is 12.6. The van der Waals surface area contributed by atoms with Gasteiger partial charge in [0.1, 0.15) is 0 Å². The molecule has 0 nitrogen and oxygen atoms in total. The summed E-state index contributed by atoms with van der Waals surface area (Å²) in [5.41, 5.74) is 1.35. The molecule has 0 spiro atoms. The lowest BCUT2D eigenvalue weighted by molar-refractivity contribution is 0.578. The van der Waals surface area contributed by atoms with Crippen molar-refractivity contribution in [2.75, 3.05) is 6.16 Å². The highest BCUT2D eigenvalue weighted by Crippen LogP contribution is 2.35. The molecule has 0 fully saturated rings. The maximum absolute atomic E-state index is 2.32. The van der Waals surface area contributed by atoms with Gasteiger partial charge in [-0.05, 0) is 44.0 Å². The molecule has 0 aliphatic carbocycles. The topological polar surface area (TPSA) is 0 Å². The Labute approximate surface area is 125 Å². The molecule has 0 aromatic heterocycles. The van der Waals surface area contributed by atoms with Crippen molar-refractivity contribution in [3.05, 3.63) is 60.2 Å². The highest BCUT2D eigenvalue weighted by Gasteiger charge is 2.13. The van der Waals surface area contributed by atoms with Crippen molar-refractivity contribution >= 4 is 18.5 Å². The summed E-state index contributed by atoms with van der Waals surface area (Å²) in [6, 6.07) is 20.2. The van der Waals surface area contributed by atoms with Gasteiger partial charge < -0.3 is 0 Å². The maximum Gasteiger partial charge on any atom is -0.0195 e. The molecular weight excluding hydrogens is 259 g/mol. The zero-order chi connectivity index (χ0) is 14.4. The zero-order valence-corrected chi connectivity index (χ0v) is 13.7. The van der Waals surface area contributed by atoms with Crippen LogP contribution in [0.25, 0.3) is 0 Å². The molecule has 1 heteroatoms. The summed E-state index contributed by atoms with van der Waals surface area (Å²) in [6.07, 6.45) is 3.96. The maximum atomic E-state index is 2.32. The van der Waals surface area contributed by atoms with E-state index < -0.39 is 0 Å². The van der Waals surface area contributed by atoms with Crippen LogP contribution in [0.2, 0.25) is 0 Å². The Hall–Kier alpha value is -1.13. The molecule has 106 valence electrons. The van der Waals surface area contributed by atoms with Gasteiger partial charge in [-0.25, -0.2) is 0 Å². The molecular formula is C19H25P. The smallest absolute Gasteiger partial charge is 0.0195 e. The largest absolute Gasteiger partial charge is 0.0628 e. The predicted octanol–water partition coefficient (Wildman–Crippen LogP) is 4.86. The Morgan fingerprint density at radius 3 is 2.05 bits per heavy atom. The van der Waals surface area contributed by atoms with Crippen molar-refractivity contribution in [1.29, 1.82) is 0 Å². The third-order valence-electron chi connectivity index (χ3n) is 3.58. The molecule has 0 saturated heterocycles. The third-order valence-corrected chi connectivity index (χ3v) is 6.18. The highest BCUT2D eigenvalue weighted by molar-refractivity contribution is 7.73. The molecule has 0 saturated carbocycles. The SMILES string of the molecule is Cc1ccc(P(CCCC(C)C)c2ccccc2)cc1. The van der Waals surface area contributed by atoms with E-state index in [1.807, 2.05) is 0 Å². The Balaban J connectivity index is 2.18. The van der Waals surface area contributed by atoms with Gasteiger partial charge in [0.05, 0.1) is 0 Å². The molecule has 0 radical (unpaired) electrons. The molecule has 2 rings (SSSR count). The van der Waals surface area contributed by atoms with Crippen LogP contribution < -0.4 is 10.6 Å². The van der Waals surface area contributed by atoms with Crippen LogP contribution in [-0.4, -0.2) is 6.16 Å². The van der Waals surface area contributed by atoms with E-state index in [1.54, 1.807) is 0 Å². The summed E-state index contributed by atoms with van der Waals surface area (Å²) < 4.78 is 0. The lowest BCUT2D eigenvalue weighted by Crippen LogP contribution is -2.14. The van der Waals surface area contributed by atoms with Gasteiger partial charge in [-0.15, -0.1) is 0 Å². The quantitative estimate of drug-likeness (QED) is 0.664. The summed E-state index contributed by atoms with van der Waals surface area (Å²) in [5, 5.41) is 3.02. The Bertz CT molecular complexity index is 499. The van der Waals surface area contributed by atoms with Gasteiger partial charge in [0, 0.05) is 0 Å². The third kappa shape index (κ3) is 4.46. The van der Waals surface area contributed by atoms with Gasteiger partial charge in [0.25, 0.3) is 0 Å². The van der Waals surface area contributed by atoms with Crippen LogP contribution in [0.15, 0.2) is 54.6 Å². The van der Waals surface area contributed by atoms with Gasteiger partial charge in [-0.1, -0.05) is 80.4 Å². The molecule has 1 atom stereocenters. The molecule has 1 unspecified atom stereocenters. The fourth-order valence-electron chi connectivity index (χ4n) is 2.40. The van der Waals surface area contributed by atoms with Crippen molar-refractivity contribution < 1.29 is 0 Å². The molecule has 2 aromatic rings. The molecule has 20 heavy (non-hydrogen) atoms. The lowest BCUT2D eigenvalue weighted by Gasteiger charge is -2.19. The first-order valence-corrected chi connectivity index (χ1v) is 9.09. The van der Waals surface area contributed by atoms with E-state index in [0.29, 0.717) is 0 Å². The Morgan fingerprint density at radius 2 is 1.45 bits per heavy atom. The fraction of sp³-hybridized carbons (Fsp3) is 0.368. The Kier molecular flexibility index (Phi) is 5.80.